The van der Waals surface area contributed by atoms with Crippen LogP contribution in [0, 0.1) is 3.57 Å². The average Bonchev–Trinajstić information content (AvgIpc) is 2.51. The maximum Gasteiger partial charge on any atom is 0.259 e. The van der Waals surface area contributed by atoms with Gasteiger partial charge in [-0.3, -0.25) is 4.79 Å². The van der Waals surface area contributed by atoms with Crippen LogP contribution in [-0.4, -0.2) is 26.2 Å². The fourth-order valence-electron chi connectivity index (χ4n) is 1.77. The van der Waals surface area contributed by atoms with Crippen LogP contribution in [0.4, 0.5) is 5.69 Å². The van der Waals surface area contributed by atoms with E-state index in [9.17, 15) is 4.79 Å². The third-order valence-corrected chi connectivity index (χ3v) is 4.05. The summed E-state index contributed by atoms with van der Waals surface area (Å²) in [6.45, 7) is 0.857. The Labute approximate surface area is 151 Å². The number of carbonyl (C=O) groups is 1. The van der Waals surface area contributed by atoms with Crippen LogP contribution in [0.1, 0.15) is 10.4 Å². The zero-order valence-electron chi connectivity index (χ0n) is 11.9. The highest BCUT2D eigenvalue weighted by Crippen LogP contribution is 2.24. The molecule has 0 saturated heterocycles. The van der Waals surface area contributed by atoms with E-state index in [2.05, 4.69) is 43.8 Å². The SMILES string of the molecule is COCCOc1ccc(Br)cc1C(=O)Nc1ccc(I)cc1. The van der Waals surface area contributed by atoms with Crippen molar-refractivity contribution >= 4 is 50.1 Å². The summed E-state index contributed by atoms with van der Waals surface area (Å²) >= 11 is 5.60. The third kappa shape index (κ3) is 4.96. The number of nitrogens with one attached hydrogen (secondary N) is 1. The van der Waals surface area contributed by atoms with E-state index in [1.807, 2.05) is 30.3 Å². The Hall–Kier alpha value is -1.12. The normalized spacial score (nSPS) is 10.3. The molecule has 0 aliphatic heterocycles. The zero-order chi connectivity index (χ0) is 15.9. The predicted octanol–water partition coefficient (Wildman–Crippen LogP) is 4.33. The van der Waals surface area contributed by atoms with Crippen LogP contribution < -0.4 is 10.1 Å². The highest BCUT2D eigenvalue weighted by molar-refractivity contribution is 14.1. The summed E-state index contributed by atoms with van der Waals surface area (Å²) in [6, 6.07) is 12.9. The van der Waals surface area contributed by atoms with Crippen molar-refractivity contribution in [2.75, 3.05) is 25.6 Å². The van der Waals surface area contributed by atoms with E-state index in [1.54, 1.807) is 19.2 Å². The van der Waals surface area contributed by atoms with Gasteiger partial charge in [-0.05, 0) is 65.1 Å². The second-order valence-electron chi connectivity index (χ2n) is 4.44. The summed E-state index contributed by atoms with van der Waals surface area (Å²) in [5.74, 6) is 0.318. The number of carbonyl (C=O) groups excluding carboxylic acids is 1. The Balaban J connectivity index is 2.16. The Kier molecular flexibility index (Phi) is 6.66. The number of hydrogen-bond acceptors (Lipinski definition) is 3. The highest BCUT2D eigenvalue weighted by atomic mass is 127. The zero-order valence-corrected chi connectivity index (χ0v) is 15.7. The Morgan fingerprint density at radius 3 is 2.59 bits per heavy atom. The highest BCUT2D eigenvalue weighted by Gasteiger charge is 2.13. The van der Waals surface area contributed by atoms with Crippen LogP contribution in [0.25, 0.3) is 0 Å². The first-order valence-electron chi connectivity index (χ1n) is 6.58. The van der Waals surface area contributed by atoms with Crippen molar-refractivity contribution in [2.24, 2.45) is 0 Å². The van der Waals surface area contributed by atoms with E-state index in [0.29, 0.717) is 24.5 Å². The van der Waals surface area contributed by atoms with E-state index in [4.69, 9.17) is 9.47 Å². The van der Waals surface area contributed by atoms with E-state index in [-0.39, 0.29) is 5.91 Å². The molecule has 0 heterocycles. The summed E-state index contributed by atoms with van der Waals surface area (Å²) in [6.07, 6.45) is 0. The van der Waals surface area contributed by atoms with Gasteiger partial charge in [0, 0.05) is 20.8 Å². The van der Waals surface area contributed by atoms with Gasteiger partial charge in [-0.1, -0.05) is 15.9 Å². The number of benzene rings is 2. The van der Waals surface area contributed by atoms with Crippen molar-refractivity contribution in [1.82, 2.24) is 0 Å². The molecule has 0 aliphatic carbocycles. The molecular weight excluding hydrogens is 461 g/mol. The van der Waals surface area contributed by atoms with Crippen molar-refractivity contribution in [3.05, 3.63) is 56.1 Å². The van der Waals surface area contributed by atoms with Crippen LogP contribution >= 0.6 is 38.5 Å². The minimum Gasteiger partial charge on any atom is -0.490 e. The predicted molar refractivity (Wildman–Crippen MR) is 98.6 cm³/mol. The first-order valence-corrected chi connectivity index (χ1v) is 8.45. The number of anilines is 1. The molecular formula is C16H15BrINO3. The van der Waals surface area contributed by atoms with Crippen molar-refractivity contribution in [3.8, 4) is 5.75 Å². The summed E-state index contributed by atoms with van der Waals surface area (Å²) in [4.78, 5) is 12.5. The topological polar surface area (TPSA) is 47.6 Å². The number of halogens is 2. The number of amides is 1. The Morgan fingerprint density at radius 1 is 1.18 bits per heavy atom. The summed E-state index contributed by atoms with van der Waals surface area (Å²) in [7, 11) is 1.61. The molecule has 116 valence electrons. The molecule has 4 nitrogen and oxygen atoms in total. The van der Waals surface area contributed by atoms with E-state index < -0.39 is 0 Å². The number of ether oxygens (including phenoxy) is 2. The molecule has 0 saturated carbocycles. The van der Waals surface area contributed by atoms with Crippen LogP contribution in [0.2, 0.25) is 0 Å². The van der Waals surface area contributed by atoms with Gasteiger partial charge >= 0.3 is 0 Å². The molecule has 1 amide bonds. The molecule has 2 aromatic carbocycles. The quantitative estimate of drug-likeness (QED) is 0.499. The van der Waals surface area contributed by atoms with Gasteiger partial charge in [0.25, 0.3) is 5.91 Å². The molecule has 0 unspecified atom stereocenters. The van der Waals surface area contributed by atoms with Crippen molar-refractivity contribution in [1.29, 1.82) is 0 Å². The summed E-state index contributed by atoms with van der Waals surface area (Å²) in [5.41, 5.74) is 1.22. The third-order valence-electron chi connectivity index (χ3n) is 2.83. The van der Waals surface area contributed by atoms with Gasteiger partial charge in [-0.15, -0.1) is 0 Å². The molecule has 0 atom stereocenters. The molecule has 0 aliphatic rings. The lowest BCUT2D eigenvalue weighted by Gasteiger charge is -2.12. The minimum atomic E-state index is -0.213. The monoisotopic (exact) mass is 475 g/mol. The van der Waals surface area contributed by atoms with E-state index >= 15 is 0 Å². The lowest BCUT2D eigenvalue weighted by Crippen LogP contribution is -2.15. The van der Waals surface area contributed by atoms with Gasteiger partial charge in [0.05, 0.1) is 12.2 Å². The molecule has 2 rings (SSSR count). The molecule has 0 bridgehead atoms. The Bertz CT molecular complexity index is 646. The molecule has 2 aromatic rings. The molecule has 22 heavy (non-hydrogen) atoms. The standard InChI is InChI=1S/C16H15BrINO3/c1-21-8-9-22-15-7-2-11(17)10-14(15)16(20)19-13-5-3-12(18)4-6-13/h2-7,10H,8-9H2,1H3,(H,19,20). The number of rotatable bonds is 6. The first kappa shape index (κ1) is 17.2. The fraction of sp³-hybridized carbons (Fsp3) is 0.188. The van der Waals surface area contributed by atoms with Crippen LogP contribution in [-0.2, 0) is 4.74 Å². The minimum absolute atomic E-state index is 0.213. The molecule has 0 radical (unpaired) electrons. The van der Waals surface area contributed by atoms with Crippen molar-refractivity contribution in [3.63, 3.8) is 0 Å². The molecule has 0 spiro atoms. The lowest BCUT2D eigenvalue weighted by atomic mass is 10.2. The lowest BCUT2D eigenvalue weighted by molar-refractivity contribution is 0.101. The van der Waals surface area contributed by atoms with Gasteiger partial charge in [0.2, 0.25) is 0 Å². The summed E-state index contributed by atoms with van der Waals surface area (Å²) < 4.78 is 12.5. The second kappa shape index (κ2) is 8.50. The largest absolute Gasteiger partial charge is 0.490 e. The molecule has 0 aromatic heterocycles. The van der Waals surface area contributed by atoms with Gasteiger partial charge < -0.3 is 14.8 Å². The Morgan fingerprint density at radius 2 is 1.91 bits per heavy atom. The van der Waals surface area contributed by atoms with Crippen LogP contribution in [0.5, 0.6) is 5.75 Å². The second-order valence-corrected chi connectivity index (χ2v) is 6.60. The van der Waals surface area contributed by atoms with Crippen molar-refractivity contribution in [2.45, 2.75) is 0 Å². The van der Waals surface area contributed by atoms with Gasteiger partial charge in [0.1, 0.15) is 12.4 Å². The maximum absolute atomic E-state index is 12.5. The fourth-order valence-corrected chi connectivity index (χ4v) is 2.49. The average molecular weight is 476 g/mol. The van der Waals surface area contributed by atoms with Gasteiger partial charge in [-0.25, -0.2) is 0 Å². The number of methoxy groups -OCH3 is 1. The molecule has 6 heteroatoms. The van der Waals surface area contributed by atoms with Crippen LogP contribution in [0.15, 0.2) is 46.9 Å². The van der Waals surface area contributed by atoms with Gasteiger partial charge in [-0.2, -0.15) is 0 Å². The smallest absolute Gasteiger partial charge is 0.259 e. The number of hydrogen-bond donors (Lipinski definition) is 1. The molecule has 0 fully saturated rings. The van der Waals surface area contributed by atoms with Crippen LogP contribution in [0.3, 0.4) is 0 Å². The van der Waals surface area contributed by atoms with E-state index in [1.165, 1.54) is 0 Å². The van der Waals surface area contributed by atoms with Gasteiger partial charge in [0.15, 0.2) is 0 Å². The van der Waals surface area contributed by atoms with Crippen molar-refractivity contribution < 1.29 is 14.3 Å². The van der Waals surface area contributed by atoms with E-state index in [0.717, 1.165) is 13.7 Å². The summed E-state index contributed by atoms with van der Waals surface area (Å²) in [5, 5.41) is 2.87. The molecule has 1 N–H and O–H groups in total. The maximum atomic E-state index is 12.5. The first-order chi connectivity index (χ1) is 10.6.